The molecule has 0 aliphatic carbocycles. The van der Waals surface area contributed by atoms with Gasteiger partial charge in [-0.3, -0.25) is 4.72 Å². The molecule has 1 aliphatic heterocycles. The maximum Gasteiger partial charge on any atom is 0.263 e. The van der Waals surface area contributed by atoms with Crippen LogP contribution in [-0.2, 0) is 10.0 Å². The summed E-state index contributed by atoms with van der Waals surface area (Å²) in [6.07, 6.45) is 0. The summed E-state index contributed by atoms with van der Waals surface area (Å²) in [4.78, 5) is -0.0540. The molecule has 1 heterocycles. The highest BCUT2D eigenvalue weighted by atomic mass is 79.9. The first kappa shape index (κ1) is 16.1. The summed E-state index contributed by atoms with van der Waals surface area (Å²) < 4.78 is 52.3. The second-order valence-electron chi connectivity index (χ2n) is 5.02. The second kappa shape index (κ2) is 6.01. The zero-order chi connectivity index (χ0) is 16.6. The molecule has 2 aromatic carbocycles. The zero-order valence-corrected chi connectivity index (χ0v) is 14.5. The van der Waals surface area contributed by atoms with Crippen molar-refractivity contribution in [3.05, 3.63) is 46.2 Å². The number of aryl methyl sites for hydroxylation is 1. The van der Waals surface area contributed by atoms with E-state index in [0.717, 1.165) is 0 Å². The molecule has 0 atom stereocenters. The van der Waals surface area contributed by atoms with Crippen molar-refractivity contribution in [2.24, 2.45) is 0 Å². The lowest BCUT2D eigenvalue weighted by molar-refractivity contribution is 0.171. The molecule has 0 saturated carbocycles. The summed E-state index contributed by atoms with van der Waals surface area (Å²) in [6.45, 7) is 2.46. The lowest BCUT2D eigenvalue weighted by Crippen LogP contribution is -2.18. The molecular weight excluding hydrogens is 389 g/mol. The highest BCUT2D eigenvalue weighted by molar-refractivity contribution is 9.10. The van der Waals surface area contributed by atoms with E-state index in [1.165, 1.54) is 24.3 Å². The van der Waals surface area contributed by atoms with Crippen molar-refractivity contribution >= 4 is 31.6 Å². The van der Waals surface area contributed by atoms with Crippen LogP contribution in [0.2, 0.25) is 0 Å². The molecule has 0 unspecified atom stereocenters. The third-order valence-electron chi connectivity index (χ3n) is 3.26. The van der Waals surface area contributed by atoms with Crippen LogP contribution in [0, 0.1) is 12.7 Å². The van der Waals surface area contributed by atoms with Gasteiger partial charge in [-0.25, -0.2) is 12.8 Å². The number of hydrogen-bond acceptors (Lipinski definition) is 4. The maximum absolute atomic E-state index is 13.9. The number of fused-ring (bicyclic) bond motifs is 1. The SMILES string of the molecule is Cc1ccc(NS(=O)(=O)c2cc3c(cc2Br)OCCO3)c(F)c1. The van der Waals surface area contributed by atoms with E-state index in [1.807, 2.05) is 0 Å². The lowest BCUT2D eigenvalue weighted by Gasteiger charge is -2.20. The van der Waals surface area contributed by atoms with Crippen LogP contribution in [0.25, 0.3) is 0 Å². The summed E-state index contributed by atoms with van der Waals surface area (Å²) in [5.74, 6) is 0.162. The number of halogens is 2. The highest BCUT2D eigenvalue weighted by Gasteiger charge is 2.24. The van der Waals surface area contributed by atoms with Crippen LogP contribution in [0.3, 0.4) is 0 Å². The van der Waals surface area contributed by atoms with E-state index in [2.05, 4.69) is 20.7 Å². The van der Waals surface area contributed by atoms with Crippen LogP contribution in [-0.4, -0.2) is 21.6 Å². The van der Waals surface area contributed by atoms with E-state index in [0.29, 0.717) is 34.7 Å². The van der Waals surface area contributed by atoms with Gasteiger partial charge in [0.2, 0.25) is 0 Å². The number of benzene rings is 2. The Morgan fingerprint density at radius 2 is 1.78 bits per heavy atom. The Morgan fingerprint density at radius 3 is 2.43 bits per heavy atom. The monoisotopic (exact) mass is 401 g/mol. The average molecular weight is 402 g/mol. The fraction of sp³-hybridized carbons (Fsp3) is 0.200. The smallest absolute Gasteiger partial charge is 0.263 e. The third-order valence-corrected chi connectivity index (χ3v) is 5.58. The zero-order valence-electron chi connectivity index (χ0n) is 12.1. The van der Waals surface area contributed by atoms with Crippen LogP contribution < -0.4 is 14.2 Å². The number of ether oxygens (including phenoxy) is 2. The van der Waals surface area contributed by atoms with Crippen LogP contribution in [0.1, 0.15) is 5.56 Å². The first-order valence-electron chi connectivity index (χ1n) is 6.75. The Labute approximate surface area is 141 Å². The molecule has 3 rings (SSSR count). The minimum Gasteiger partial charge on any atom is -0.486 e. The minimum absolute atomic E-state index is 0.0540. The predicted molar refractivity (Wildman–Crippen MR) is 87.1 cm³/mol. The van der Waals surface area contributed by atoms with Crippen LogP contribution in [0.15, 0.2) is 39.7 Å². The Hall–Kier alpha value is -1.80. The van der Waals surface area contributed by atoms with Gasteiger partial charge < -0.3 is 9.47 Å². The second-order valence-corrected chi connectivity index (χ2v) is 7.52. The van der Waals surface area contributed by atoms with Crippen LogP contribution >= 0.6 is 15.9 Å². The number of anilines is 1. The summed E-state index contributed by atoms with van der Waals surface area (Å²) in [7, 11) is -3.99. The normalized spacial score (nSPS) is 13.7. The van der Waals surface area contributed by atoms with Gasteiger partial charge in [0.25, 0.3) is 10.0 Å². The average Bonchev–Trinajstić information content (AvgIpc) is 2.49. The maximum atomic E-state index is 13.9. The molecule has 0 bridgehead atoms. The third kappa shape index (κ3) is 3.28. The molecule has 8 heteroatoms. The topological polar surface area (TPSA) is 64.6 Å². The minimum atomic E-state index is -3.99. The molecule has 1 N–H and O–H groups in total. The molecule has 0 radical (unpaired) electrons. The molecule has 0 saturated heterocycles. The summed E-state index contributed by atoms with van der Waals surface area (Å²) >= 11 is 3.21. The summed E-state index contributed by atoms with van der Waals surface area (Å²) in [5, 5.41) is 0. The first-order valence-corrected chi connectivity index (χ1v) is 9.02. The van der Waals surface area contributed by atoms with Gasteiger partial charge in [0.15, 0.2) is 11.5 Å². The molecule has 1 aliphatic rings. The largest absolute Gasteiger partial charge is 0.486 e. The predicted octanol–water partition coefficient (Wildman–Crippen LogP) is 3.47. The van der Waals surface area contributed by atoms with Crippen molar-refractivity contribution in [1.82, 2.24) is 0 Å². The Balaban J connectivity index is 1.99. The van der Waals surface area contributed by atoms with Gasteiger partial charge in [-0.1, -0.05) is 6.07 Å². The number of rotatable bonds is 3. The van der Waals surface area contributed by atoms with E-state index < -0.39 is 15.8 Å². The molecule has 5 nitrogen and oxygen atoms in total. The lowest BCUT2D eigenvalue weighted by atomic mass is 10.2. The van der Waals surface area contributed by atoms with Gasteiger partial charge in [-0.05, 0) is 46.6 Å². The molecule has 0 fully saturated rings. The van der Waals surface area contributed by atoms with Crippen molar-refractivity contribution in [1.29, 1.82) is 0 Å². The van der Waals surface area contributed by atoms with E-state index in [4.69, 9.17) is 9.47 Å². The van der Waals surface area contributed by atoms with Crippen molar-refractivity contribution in [3.63, 3.8) is 0 Å². The van der Waals surface area contributed by atoms with Gasteiger partial charge in [-0.15, -0.1) is 0 Å². The van der Waals surface area contributed by atoms with Crippen LogP contribution in [0.4, 0.5) is 10.1 Å². The number of nitrogens with one attached hydrogen (secondary N) is 1. The van der Waals surface area contributed by atoms with Gasteiger partial charge in [0.05, 0.1) is 5.69 Å². The summed E-state index contributed by atoms with van der Waals surface area (Å²) in [6, 6.07) is 7.15. The van der Waals surface area contributed by atoms with Gasteiger partial charge in [0, 0.05) is 10.5 Å². The molecule has 0 amide bonds. The van der Waals surface area contributed by atoms with Crippen molar-refractivity contribution < 1.29 is 22.3 Å². The molecule has 122 valence electrons. The number of hydrogen-bond donors (Lipinski definition) is 1. The highest BCUT2D eigenvalue weighted by Crippen LogP contribution is 2.38. The summed E-state index contributed by atoms with van der Waals surface area (Å²) in [5.41, 5.74) is 0.586. The van der Waals surface area contributed by atoms with E-state index in [1.54, 1.807) is 13.0 Å². The standard InChI is InChI=1S/C15H13BrFNO4S/c1-9-2-3-12(11(17)6-9)18-23(19,20)15-8-14-13(7-10(15)16)21-4-5-22-14/h2-3,6-8,18H,4-5H2,1H3. The first-order chi connectivity index (χ1) is 10.9. The Morgan fingerprint density at radius 1 is 1.13 bits per heavy atom. The Kier molecular flexibility index (Phi) is 4.20. The Bertz CT molecular complexity index is 870. The van der Waals surface area contributed by atoms with Crippen molar-refractivity contribution in [2.75, 3.05) is 17.9 Å². The van der Waals surface area contributed by atoms with Crippen LogP contribution in [0.5, 0.6) is 11.5 Å². The van der Waals surface area contributed by atoms with Gasteiger partial charge in [-0.2, -0.15) is 0 Å². The fourth-order valence-electron chi connectivity index (χ4n) is 2.15. The number of sulfonamides is 1. The van der Waals surface area contributed by atoms with E-state index >= 15 is 0 Å². The molecular formula is C15H13BrFNO4S. The van der Waals surface area contributed by atoms with Gasteiger partial charge in [0.1, 0.15) is 23.9 Å². The fourth-order valence-corrected chi connectivity index (χ4v) is 4.26. The van der Waals surface area contributed by atoms with E-state index in [-0.39, 0.29) is 10.6 Å². The van der Waals surface area contributed by atoms with Crippen molar-refractivity contribution in [3.8, 4) is 11.5 Å². The van der Waals surface area contributed by atoms with E-state index in [9.17, 15) is 12.8 Å². The molecule has 23 heavy (non-hydrogen) atoms. The molecule has 2 aromatic rings. The van der Waals surface area contributed by atoms with Crippen molar-refractivity contribution in [2.45, 2.75) is 11.8 Å². The quantitative estimate of drug-likeness (QED) is 0.854. The molecule has 0 aromatic heterocycles. The molecule has 0 spiro atoms. The van der Waals surface area contributed by atoms with Gasteiger partial charge >= 0.3 is 0 Å².